The molecule has 1 atom stereocenters. The lowest BCUT2D eigenvalue weighted by Crippen LogP contribution is -2.37. The van der Waals surface area contributed by atoms with Gasteiger partial charge in [-0.1, -0.05) is 0 Å². The van der Waals surface area contributed by atoms with Gasteiger partial charge in [0.2, 0.25) is 0 Å². The van der Waals surface area contributed by atoms with Crippen LogP contribution < -0.4 is 10.6 Å². The summed E-state index contributed by atoms with van der Waals surface area (Å²) < 4.78 is 0. The van der Waals surface area contributed by atoms with E-state index in [-0.39, 0.29) is 0 Å². The van der Waals surface area contributed by atoms with Gasteiger partial charge in [0.05, 0.1) is 5.69 Å². The Balaban J connectivity index is 2.41. The van der Waals surface area contributed by atoms with Gasteiger partial charge in [0.15, 0.2) is 0 Å². The number of hydrogen-bond acceptors (Lipinski definition) is 6. The van der Waals surface area contributed by atoms with E-state index in [9.17, 15) is 5.26 Å². The van der Waals surface area contributed by atoms with Gasteiger partial charge in [0.1, 0.15) is 27.6 Å². The zero-order chi connectivity index (χ0) is 14.0. The second-order valence-electron chi connectivity index (χ2n) is 4.91. The first-order chi connectivity index (χ1) is 9.08. The van der Waals surface area contributed by atoms with Crippen molar-refractivity contribution in [3.05, 3.63) is 10.4 Å². The van der Waals surface area contributed by atoms with E-state index in [0.717, 1.165) is 31.1 Å². The lowest BCUT2D eigenvalue weighted by atomic mass is 10.2. The minimum absolute atomic E-state index is 0.309. The number of likely N-dealkylation sites (N-methyl/N-ethyl adjacent to an activating group) is 1. The van der Waals surface area contributed by atoms with Crippen LogP contribution in [-0.2, 0) is 0 Å². The SMILES string of the molecule is CC1CN(C)CCCN1c1sc(C#N)c(N)c1C#N. The third-order valence-corrected chi connectivity index (χ3v) is 4.59. The molecular formula is C13H17N5S. The van der Waals surface area contributed by atoms with Gasteiger partial charge in [-0.15, -0.1) is 11.3 Å². The zero-order valence-corrected chi connectivity index (χ0v) is 12.0. The zero-order valence-electron chi connectivity index (χ0n) is 11.2. The summed E-state index contributed by atoms with van der Waals surface area (Å²) >= 11 is 1.33. The lowest BCUT2D eigenvalue weighted by molar-refractivity contribution is 0.337. The molecule has 0 aromatic carbocycles. The standard InChI is InChI=1S/C13H17N5S/c1-9-8-17(2)4-3-5-18(9)13-10(6-14)12(16)11(7-15)19-13/h9H,3-5,8,16H2,1-2H3. The Bertz CT molecular complexity index is 551. The van der Waals surface area contributed by atoms with Crippen LogP contribution in [0, 0.1) is 22.7 Å². The maximum absolute atomic E-state index is 9.28. The van der Waals surface area contributed by atoms with E-state index >= 15 is 0 Å². The molecule has 2 rings (SSSR count). The van der Waals surface area contributed by atoms with Crippen LogP contribution >= 0.6 is 11.3 Å². The first kappa shape index (κ1) is 13.7. The normalized spacial score (nSPS) is 20.6. The van der Waals surface area contributed by atoms with E-state index in [1.54, 1.807) is 0 Å². The Hall–Kier alpha value is -1.76. The van der Waals surface area contributed by atoms with E-state index in [0.29, 0.717) is 22.2 Å². The molecule has 0 saturated carbocycles. The van der Waals surface area contributed by atoms with Crippen LogP contribution in [0.25, 0.3) is 0 Å². The van der Waals surface area contributed by atoms with Crippen LogP contribution in [-0.4, -0.2) is 37.6 Å². The summed E-state index contributed by atoms with van der Waals surface area (Å²) in [4.78, 5) is 4.94. The number of nitrogens with two attached hydrogens (primary N) is 1. The number of nitriles is 2. The number of rotatable bonds is 1. The molecule has 1 fully saturated rings. The molecule has 5 nitrogen and oxygen atoms in total. The van der Waals surface area contributed by atoms with Crippen molar-refractivity contribution in [1.82, 2.24) is 4.90 Å². The van der Waals surface area contributed by atoms with Crippen molar-refractivity contribution in [2.45, 2.75) is 19.4 Å². The Labute approximate surface area is 117 Å². The first-order valence-corrected chi connectivity index (χ1v) is 7.07. The molecule has 1 aliphatic rings. The summed E-state index contributed by atoms with van der Waals surface area (Å²) in [6, 6.07) is 4.53. The van der Waals surface area contributed by atoms with Gasteiger partial charge < -0.3 is 15.5 Å². The lowest BCUT2D eigenvalue weighted by Gasteiger charge is -2.29. The molecule has 0 aliphatic carbocycles. The van der Waals surface area contributed by atoms with Crippen molar-refractivity contribution in [2.24, 2.45) is 0 Å². The van der Waals surface area contributed by atoms with Gasteiger partial charge in [-0.3, -0.25) is 0 Å². The summed E-state index contributed by atoms with van der Waals surface area (Å²) in [6.45, 7) is 5.04. The van der Waals surface area contributed by atoms with E-state index in [1.165, 1.54) is 11.3 Å². The molecular weight excluding hydrogens is 258 g/mol. The molecule has 2 heterocycles. The predicted octanol–water partition coefficient (Wildman–Crippen LogP) is 1.60. The van der Waals surface area contributed by atoms with Gasteiger partial charge in [-0.2, -0.15) is 10.5 Å². The number of hydrogen-bond donors (Lipinski definition) is 1. The highest BCUT2D eigenvalue weighted by Crippen LogP contribution is 2.38. The third kappa shape index (κ3) is 2.51. The highest BCUT2D eigenvalue weighted by molar-refractivity contribution is 7.17. The van der Waals surface area contributed by atoms with Crippen molar-refractivity contribution in [3.63, 3.8) is 0 Å². The number of anilines is 2. The molecule has 19 heavy (non-hydrogen) atoms. The molecule has 0 radical (unpaired) electrons. The third-order valence-electron chi connectivity index (χ3n) is 3.45. The van der Waals surface area contributed by atoms with Crippen molar-refractivity contribution in [2.75, 3.05) is 37.3 Å². The smallest absolute Gasteiger partial charge is 0.131 e. The second-order valence-corrected chi connectivity index (χ2v) is 5.91. The minimum atomic E-state index is 0.309. The number of thiophene rings is 1. The van der Waals surface area contributed by atoms with Gasteiger partial charge in [-0.25, -0.2) is 0 Å². The first-order valence-electron chi connectivity index (χ1n) is 6.26. The van der Waals surface area contributed by atoms with Crippen LogP contribution in [0.3, 0.4) is 0 Å². The average molecular weight is 275 g/mol. The minimum Gasteiger partial charge on any atom is -0.396 e. The summed E-state index contributed by atoms with van der Waals surface area (Å²) in [5.74, 6) is 0. The summed E-state index contributed by atoms with van der Waals surface area (Å²) in [7, 11) is 2.11. The van der Waals surface area contributed by atoms with E-state index < -0.39 is 0 Å². The Morgan fingerprint density at radius 1 is 1.32 bits per heavy atom. The molecule has 1 aliphatic heterocycles. The van der Waals surface area contributed by atoms with Crippen LogP contribution in [0.4, 0.5) is 10.7 Å². The van der Waals surface area contributed by atoms with E-state index in [4.69, 9.17) is 11.0 Å². The van der Waals surface area contributed by atoms with Gasteiger partial charge >= 0.3 is 0 Å². The summed E-state index contributed by atoms with van der Waals surface area (Å²) in [5, 5.41) is 19.2. The van der Waals surface area contributed by atoms with Crippen LogP contribution in [0.1, 0.15) is 23.8 Å². The molecule has 1 aromatic rings. The highest BCUT2D eigenvalue weighted by Gasteiger charge is 2.26. The Kier molecular flexibility index (Phi) is 3.94. The van der Waals surface area contributed by atoms with Gasteiger partial charge in [0, 0.05) is 19.1 Å². The van der Waals surface area contributed by atoms with Crippen molar-refractivity contribution in [1.29, 1.82) is 10.5 Å². The van der Waals surface area contributed by atoms with Crippen molar-refractivity contribution >= 4 is 22.0 Å². The van der Waals surface area contributed by atoms with Gasteiger partial charge in [-0.05, 0) is 26.9 Å². The Morgan fingerprint density at radius 3 is 2.68 bits per heavy atom. The molecule has 100 valence electrons. The maximum atomic E-state index is 9.28. The average Bonchev–Trinajstić information content (AvgIpc) is 2.59. The van der Waals surface area contributed by atoms with Crippen LogP contribution in [0.15, 0.2) is 0 Å². The van der Waals surface area contributed by atoms with Crippen molar-refractivity contribution < 1.29 is 0 Å². The summed E-state index contributed by atoms with van der Waals surface area (Å²) in [6.07, 6.45) is 1.05. The monoisotopic (exact) mass is 275 g/mol. The molecule has 1 aromatic heterocycles. The number of nitrogen functional groups attached to an aromatic ring is 1. The fourth-order valence-corrected chi connectivity index (χ4v) is 3.60. The van der Waals surface area contributed by atoms with E-state index in [2.05, 4.69) is 35.9 Å². The molecule has 6 heteroatoms. The maximum Gasteiger partial charge on any atom is 0.131 e. The fraction of sp³-hybridized carbons (Fsp3) is 0.538. The molecule has 2 N–H and O–H groups in total. The molecule has 0 bridgehead atoms. The van der Waals surface area contributed by atoms with Crippen molar-refractivity contribution in [3.8, 4) is 12.1 Å². The summed E-state index contributed by atoms with van der Waals surface area (Å²) in [5.41, 5.74) is 6.66. The quantitative estimate of drug-likeness (QED) is 0.842. The molecule has 0 spiro atoms. The number of nitrogens with zero attached hydrogens (tertiary/aromatic N) is 4. The molecule has 0 amide bonds. The Morgan fingerprint density at radius 2 is 2.05 bits per heavy atom. The molecule has 1 unspecified atom stereocenters. The topological polar surface area (TPSA) is 80.1 Å². The largest absolute Gasteiger partial charge is 0.396 e. The highest BCUT2D eigenvalue weighted by atomic mass is 32.1. The van der Waals surface area contributed by atoms with E-state index in [1.807, 2.05) is 0 Å². The second kappa shape index (κ2) is 5.48. The fourth-order valence-electron chi connectivity index (χ4n) is 2.50. The predicted molar refractivity (Wildman–Crippen MR) is 77.1 cm³/mol. The molecule has 1 saturated heterocycles. The van der Waals surface area contributed by atoms with Crippen LogP contribution in [0.2, 0.25) is 0 Å². The van der Waals surface area contributed by atoms with Gasteiger partial charge in [0.25, 0.3) is 0 Å². The van der Waals surface area contributed by atoms with Crippen LogP contribution in [0.5, 0.6) is 0 Å².